The molecular formula is C13H24ClNO. The predicted octanol–water partition coefficient (Wildman–Crippen LogP) is 2.89. The molecule has 0 aromatic rings. The Hall–Kier alpha value is 0.210. The first kappa shape index (κ1) is 12.7. The van der Waals surface area contributed by atoms with Gasteiger partial charge in [0.2, 0.25) is 0 Å². The second-order valence-corrected chi connectivity index (χ2v) is 6.64. The molecule has 2 saturated heterocycles. The number of likely N-dealkylation sites (tertiary alicyclic amines) is 1. The highest BCUT2D eigenvalue weighted by atomic mass is 35.5. The van der Waals surface area contributed by atoms with Crippen molar-refractivity contribution < 1.29 is 4.74 Å². The monoisotopic (exact) mass is 245 g/mol. The van der Waals surface area contributed by atoms with Crippen LogP contribution in [0.1, 0.15) is 40.0 Å². The van der Waals surface area contributed by atoms with Crippen LogP contribution in [0.4, 0.5) is 0 Å². The van der Waals surface area contributed by atoms with Crippen LogP contribution in [-0.2, 0) is 4.74 Å². The summed E-state index contributed by atoms with van der Waals surface area (Å²) in [6.07, 6.45) is 3.97. The van der Waals surface area contributed by atoms with Crippen molar-refractivity contribution in [2.45, 2.75) is 57.1 Å². The van der Waals surface area contributed by atoms with Gasteiger partial charge in [-0.25, -0.2) is 0 Å². The van der Waals surface area contributed by atoms with Gasteiger partial charge in [0.15, 0.2) is 0 Å². The van der Waals surface area contributed by atoms with E-state index in [2.05, 4.69) is 25.7 Å². The van der Waals surface area contributed by atoms with Gasteiger partial charge in [-0.15, -0.1) is 11.6 Å². The zero-order chi connectivity index (χ0) is 11.8. The molecule has 0 aromatic carbocycles. The smallest absolute Gasteiger partial charge is 0.0710 e. The van der Waals surface area contributed by atoms with Crippen LogP contribution in [0.2, 0.25) is 0 Å². The molecule has 0 aromatic heterocycles. The Bertz CT molecular complexity index is 244. The van der Waals surface area contributed by atoms with Crippen LogP contribution in [0.15, 0.2) is 0 Å². The zero-order valence-corrected chi connectivity index (χ0v) is 11.5. The number of alkyl halides is 1. The predicted molar refractivity (Wildman–Crippen MR) is 68.0 cm³/mol. The van der Waals surface area contributed by atoms with Crippen LogP contribution in [0.25, 0.3) is 0 Å². The van der Waals surface area contributed by atoms with Gasteiger partial charge in [0, 0.05) is 18.5 Å². The minimum atomic E-state index is 0.0983. The number of nitrogens with zero attached hydrogens (tertiary/aromatic N) is 1. The third kappa shape index (κ3) is 3.12. The largest absolute Gasteiger partial charge is 0.371 e. The fraction of sp³-hybridized carbons (Fsp3) is 1.00. The number of ether oxygens (including phenoxy) is 1. The second-order valence-electron chi connectivity index (χ2n) is 6.08. The molecule has 0 spiro atoms. The molecule has 0 aliphatic carbocycles. The van der Waals surface area contributed by atoms with E-state index in [4.69, 9.17) is 16.3 Å². The highest BCUT2D eigenvalue weighted by Crippen LogP contribution is 2.31. The van der Waals surface area contributed by atoms with E-state index in [0.717, 1.165) is 26.1 Å². The summed E-state index contributed by atoms with van der Waals surface area (Å²) in [5.41, 5.74) is 0.0983. The van der Waals surface area contributed by atoms with Crippen LogP contribution in [-0.4, -0.2) is 41.6 Å². The number of rotatable bonds is 2. The lowest BCUT2D eigenvalue weighted by molar-refractivity contribution is -0.0323. The van der Waals surface area contributed by atoms with Crippen molar-refractivity contribution >= 4 is 11.6 Å². The summed E-state index contributed by atoms with van der Waals surface area (Å²) in [5.74, 6) is 0.616. The number of hydrogen-bond acceptors (Lipinski definition) is 2. The third-order valence-corrected chi connectivity index (χ3v) is 4.55. The van der Waals surface area contributed by atoms with Crippen molar-refractivity contribution in [2.24, 2.45) is 5.92 Å². The number of halogens is 1. The van der Waals surface area contributed by atoms with Crippen molar-refractivity contribution in [2.75, 3.05) is 19.6 Å². The first-order chi connectivity index (χ1) is 7.46. The summed E-state index contributed by atoms with van der Waals surface area (Å²) in [7, 11) is 0. The maximum atomic E-state index is 6.24. The Kier molecular flexibility index (Phi) is 3.82. The fourth-order valence-corrected chi connectivity index (χ4v) is 3.04. The van der Waals surface area contributed by atoms with Crippen LogP contribution < -0.4 is 0 Å². The van der Waals surface area contributed by atoms with Gasteiger partial charge in [0.05, 0.1) is 11.7 Å². The van der Waals surface area contributed by atoms with E-state index in [1.807, 2.05) is 0 Å². The van der Waals surface area contributed by atoms with Gasteiger partial charge in [-0.2, -0.15) is 0 Å². The summed E-state index contributed by atoms with van der Waals surface area (Å²) in [6.45, 7) is 10.0. The highest BCUT2D eigenvalue weighted by molar-refractivity contribution is 6.20. The molecule has 16 heavy (non-hydrogen) atoms. The fourth-order valence-electron chi connectivity index (χ4n) is 2.86. The average molecular weight is 246 g/mol. The van der Waals surface area contributed by atoms with Crippen molar-refractivity contribution in [3.63, 3.8) is 0 Å². The summed E-state index contributed by atoms with van der Waals surface area (Å²) < 4.78 is 6.04. The van der Waals surface area contributed by atoms with E-state index in [9.17, 15) is 0 Å². The lowest BCUT2D eigenvalue weighted by Gasteiger charge is -2.35. The second kappa shape index (κ2) is 4.83. The van der Waals surface area contributed by atoms with Gasteiger partial charge in [0.25, 0.3) is 0 Å². The molecule has 0 saturated carbocycles. The Morgan fingerprint density at radius 2 is 2.12 bits per heavy atom. The SMILES string of the molecule is CC1CN(CC2CCC(C)(C)O2)CCC1Cl. The van der Waals surface area contributed by atoms with E-state index < -0.39 is 0 Å². The van der Waals surface area contributed by atoms with E-state index in [1.54, 1.807) is 0 Å². The molecule has 3 unspecified atom stereocenters. The lowest BCUT2D eigenvalue weighted by Crippen LogP contribution is -2.43. The number of hydrogen-bond donors (Lipinski definition) is 0. The van der Waals surface area contributed by atoms with Crippen LogP contribution >= 0.6 is 11.6 Å². The van der Waals surface area contributed by atoms with Crippen LogP contribution in [0, 0.1) is 5.92 Å². The van der Waals surface area contributed by atoms with Gasteiger partial charge in [-0.1, -0.05) is 6.92 Å². The third-order valence-electron chi connectivity index (χ3n) is 3.90. The Labute approximate surface area is 104 Å². The molecule has 0 N–H and O–H groups in total. The van der Waals surface area contributed by atoms with Crippen LogP contribution in [0.3, 0.4) is 0 Å². The van der Waals surface area contributed by atoms with Gasteiger partial charge in [-0.3, -0.25) is 0 Å². The number of piperidine rings is 1. The quantitative estimate of drug-likeness (QED) is 0.694. The molecule has 0 amide bonds. The van der Waals surface area contributed by atoms with Crippen molar-refractivity contribution in [1.29, 1.82) is 0 Å². The maximum absolute atomic E-state index is 6.24. The molecular weight excluding hydrogens is 222 g/mol. The standard InChI is InChI=1S/C13H24ClNO/c1-10-8-15(7-5-12(10)14)9-11-4-6-13(2,3)16-11/h10-12H,4-9H2,1-3H3. The van der Waals surface area contributed by atoms with Gasteiger partial charge in [0.1, 0.15) is 0 Å². The summed E-state index contributed by atoms with van der Waals surface area (Å²) in [6, 6.07) is 0. The topological polar surface area (TPSA) is 12.5 Å². The lowest BCUT2D eigenvalue weighted by atomic mass is 9.99. The summed E-state index contributed by atoms with van der Waals surface area (Å²) in [4.78, 5) is 2.52. The molecule has 2 heterocycles. The van der Waals surface area contributed by atoms with Crippen molar-refractivity contribution in [3.8, 4) is 0 Å². The minimum Gasteiger partial charge on any atom is -0.371 e. The normalized spacial score (nSPS) is 40.1. The molecule has 2 aliphatic heterocycles. The van der Waals surface area contributed by atoms with Gasteiger partial charge in [-0.05, 0) is 45.6 Å². The molecule has 2 fully saturated rings. The maximum Gasteiger partial charge on any atom is 0.0710 e. The van der Waals surface area contributed by atoms with E-state index >= 15 is 0 Å². The highest BCUT2D eigenvalue weighted by Gasteiger charge is 2.34. The zero-order valence-electron chi connectivity index (χ0n) is 10.7. The summed E-state index contributed by atoms with van der Waals surface area (Å²) >= 11 is 6.24. The average Bonchev–Trinajstić information content (AvgIpc) is 2.52. The molecule has 0 bridgehead atoms. The van der Waals surface area contributed by atoms with E-state index in [-0.39, 0.29) is 5.60 Å². The van der Waals surface area contributed by atoms with Gasteiger partial charge >= 0.3 is 0 Å². The van der Waals surface area contributed by atoms with Crippen molar-refractivity contribution in [1.82, 2.24) is 4.90 Å². The molecule has 2 rings (SSSR count). The molecule has 2 aliphatic rings. The van der Waals surface area contributed by atoms with E-state index in [1.165, 1.54) is 12.8 Å². The minimum absolute atomic E-state index is 0.0983. The van der Waals surface area contributed by atoms with Gasteiger partial charge < -0.3 is 9.64 Å². The van der Waals surface area contributed by atoms with E-state index in [0.29, 0.717) is 17.4 Å². The van der Waals surface area contributed by atoms with Crippen molar-refractivity contribution in [3.05, 3.63) is 0 Å². The van der Waals surface area contributed by atoms with Crippen LogP contribution in [0.5, 0.6) is 0 Å². The molecule has 94 valence electrons. The Balaban J connectivity index is 1.78. The molecule has 3 heteroatoms. The first-order valence-electron chi connectivity index (χ1n) is 6.50. The molecule has 0 radical (unpaired) electrons. The summed E-state index contributed by atoms with van der Waals surface area (Å²) in [5, 5.41) is 0.372. The first-order valence-corrected chi connectivity index (χ1v) is 6.94. The molecule has 3 atom stereocenters. The Morgan fingerprint density at radius 3 is 2.69 bits per heavy atom. The molecule has 2 nitrogen and oxygen atoms in total. The Morgan fingerprint density at radius 1 is 1.38 bits per heavy atom.